The van der Waals surface area contributed by atoms with Crippen LogP contribution in [-0.2, 0) is 10.0 Å². The van der Waals surface area contributed by atoms with Crippen molar-refractivity contribution < 1.29 is 8.42 Å². The van der Waals surface area contributed by atoms with Gasteiger partial charge in [-0.2, -0.15) is 8.42 Å². The predicted molar refractivity (Wildman–Crippen MR) is 59.4 cm³/mol. The molecule has 7 nitrogen and oxygen atoms in total. The molecule has 84 valence electrons. The summed E-state index contributed by atoms with van der Waals surface area (Å²) < 4.78 is 25.5. The van der Waals surface area contributed by atoms with Crippen molar-refractivity contribution in [2.45, 2.75) is 4.34 Å². The van der Waals surface area contributed by atoms with Crippen molar-refractivity contribution in [2.75, 3.05) is 10.5 Å². The number of nitrogens with zero attached hydrogens (tertiary/aromatic N) is 3. The van der Waals surface area contributed by atoms with Crippen LogP contribution in [0.25, 0.3) is 0 Å². The Morgan fingerprint density at radius 3 is 2.69 bits per heavy atom. The fraction of sp³-hybridized carbons (Fsp3) is 0. The van der Waals surface area contributed by atoms with Crippen LogP contribution < -0.4 is 10.5 Å². The Hall–Kier alpha value is -1.74. The van der Waals surface area contributed by atoms with Gasteiger partial charge in [-0.05, 0) is 12.1 Å². The molecule has 0 bridgehead atoms. The number of pyridine rings is 1. The highest BCUT2D eigenvalue weighted by Crippen LogP contribution is 2.19. The van der Waals surface area contributed by atoms with Gasteiger partial charge in [0.25, 0.3) is 14.4 Å². The van der Waals surface area contributed by atoms with Gasteiger partial charge in [-0.3, -0.25) is 4.72 Å². The maximum Gasteiger partial charge on any atom is 0.292 e. The van der Waals surface area contributed by atoms with Gasteiger partial charge in [0, 0.05) is 6.20 Å². The lowest BCUT2D eigenvalue weighted by atomic mass is 10.5. The molecule has 0 amide bonds. The third kappa shape index (κ3) is 2.25. The van der Waals surface area contributed by atoms with Crippen molar-refractivity contribution in [2.24, 2.45) is 0 Å². The Labute approximate surface area is 95.4 Å². The number of anilines is 2. The van der Waals surface area contributed by atoms with Gasteiger partial charge < -0.3 is 5.73 Å². The quantitative estimate of drug-likeness (QED) is 0.819. The maximum atomic E-state index is 11.7. The van der Waals surface area contributed by atoms with Crippen LogP contribution in [0.2, 0.25) is 0 Å². The van der Waals surface area contributed by atoms with E-state index < -0.39 is 10.0 Å². The largest absolute Gasteiger partial charge is 0.374 e. The van der Waals surface area contributed by atoms with Crippen LogP contribution in [-0.4, -0.2) is 23.6 Å². The standard InChI is InChI=1S/C7H7N5O2S2/c8-6-10-11-7(15-6)16(13,14)12-5-3-1-2-4-9-5/h1-4H,(H2,8,10)(H,9,12). The average Bonchev–Trinajstić information content (AvgIpc) is 2.66. The molecule has 0 atom stereocenters. The molecule has 0 saturated carbocycles. The van der Waals surface area contributed by atoms with E-state index in [1.165, 1.54) is 12.3 Å². The summed E-state index contributed by atoms with van der Waals surface area (Å²) >= 11 is 0.791. The first-order valence-electron chi connectivity index (χ1n) is 4.11. The molecule has 0 unspecified atom stereocenters. The third-order valence-corrected chi connectivity index (χ3v) is 4.03. The molecule has 0 aliphatic heterocycles. The van der Waals surface area contributed by atoms with Gasteiger partial charge in [-0.25, -0.2) is 4.98 Å². The first-order valence-corrected chi connectivity index (χ1v) is 6.41. The normalized spacial score (nSPS) is 11.2. The van der Waals surface area contributed by atoms with E-state index in [1.807, 2.05) is 0 Å². The first-order chi connectivity index (χ1) is 7.58. The molecule has 0 saturated heterocycles. The van der Waals surface area contributed by atoms with Gasteiger partial charge in [-0.1, -0.05) is 17.4 Å². The van der Waals surface area contributed by atoms with Crippen molar-refractivity contribution in [1.29, 1.82) is 0 Å². The number of hydrogen-bond donors (Lipinski definition) is 2. The molecule has 16 heavy (non-hydrogen) atoms. The summed E-state index contributed by atoms with van der Waals surface area (Å²) in [7, 11) is -3.74. The molecule has 2 aromatic heterocycles. The number of nitrogens with two attached hydrogens (primary N) is 1. The van der Waals surface area contributed by atoms with Crippen LogP contribution in [0, 0.1) is 0 Å². The highest BCUT2D eigenvalue weighted by Gasteiger charge is 2.19. The van der Waals surface area contributed by atoms with E-state index in [0.29, 0.717) is 0 Å². The molecular formula is C7H7N5O2S2. The van der Waals surface area contributed by atoms with Crippen molar-refractivity contribution in [3.8, 4) is 0 Å². The molecule has 0 spiro atoms. The highest BCUT2D eigenvalue weighted by atomic mass is 32.2. The number of hydrogen-bond acceptors (Lipinski definition) is 7. The van der Waals surface area contributed by atoms with Gasteiger partial charge >= 0.3 is 0 Å². The van der Waals surface area contributed by atoms with Crippen LogP contribution in [0.3, 0.4) is 0 Å². The van der Waals surface area contributed by atoms with E-state index in [9.17, 15) is 8.42 Å². The van der Waals surface area contributed by atoms with Gasteiger partial charge in [0.15, 0.2) is 0 Å². The Morgan fingerprint density at radius 2 is 2.12 bits per heavy atom. The van der Waals surface area contributed by atoms with Crippen LogP contribution >= 0.6 is 11.3 Å². The van der Waals surface area contributed by atoms with Crippen LogP contribution in [0.1, 0.15) is 0 Å². The van der Waals surface area contributed by atoms with Crippen molar-refractivity contribution >= 4 is 32.3 Å². The van der Waals surface area contributed by atoms with Crippen LogP contribution in [0.5, 0.6) is 0 Å². The third-order valence-electron chi connectivity index (χ3n) is 1.56. The molecule has 2 heterocycles. The van der Waals surface area contributed by atoms with E-state index in [1.54, 1.807) is 12.1 Å². The van der Waals surface area contributed by atoms with E-state index in [2.05, 4.69) is 19.9 Å². The van der Waals surface area contributed by atoms with Gasteiger partial charge in [0.05, 0.1) is 0 Å². The monoisotopic (exact) mass is 257 g/mol. The maximum absolute atomic E-state index is 11.7. The lowest BCUT2D eigenvalue weighted by Crippen LogP contribution is -2.13. The molecule has 0 radical (unpaired) electrons. The molecule has 9 heteroatoms. The zero-order valence-corrected chi connectivity index (χ0v) is 9.49. The summed E-state index contributed by atoms with van der Waals surface area (Å²) in [6.07, 6.45) is 1.48. The second-order valence-corrected chi connectivity index (χ2v) is 5.59. The fourth-order valence-electron chi connectivity index (χ4n) is 0.933. The SMILES string of the molecule is Nc1nnc(S(=O)(=O)Nc2ccccn2)s1. The summed E-state index contributed by atoms with van der Waals surface area (Å²) in [5.41, 5.74) is 5.31. The average molecular weight is 257 g/mol. The van der Waals surface area contributed by atoms with Crippen LogP contribution in [0.15, 0.2) is 28.7 Å². The minimum Gasteiger partial charge on any atom is -0.374 e. The van der Waals surface area contributed by atoms with Crippen molar-refractivity contribution in [1.82, 2.24) is 15.2 Å². The smallest absolute Gasteiger partial charge is 0.292 e. The molecule has 2 rings (SSSR count). The highest BCUT2D eigenvalue weighted by molar-refractivity contribution is 7.94. The Morgan fingerprint density at radius 1 is 1.31 bits per heavy atom. The van der Waals surface area contributed by atoms with E-state index in [-0.39, 0.29) is 15.3 Å². The summed E-state index contributed by atoms with van der Waals surface area (Å²) in [6, 6.07) is 4.88. The lowest BCUT2D eigenvalue weighted by Gasteiger charge is -2.02. The zero-order valence-electron chi connectivity index (χ0n) is 7.86. The second-order valence-electron chi connectivity index (χ2n) is 2.73. The molecule has 2 aromatic rings. The van der Waals surface area contributed by atoms with Crippen LogP contribution in [0.4, 0.5) is 10.9 Å². The minimum absolute atomic E-state index is 0.0985. The number of nitrogens with one attached hydrogen (secondary N) is 1. The number of aromatic nitrogens is 3. The second kappa shape index (κ2) is 4.02. The fourth-order valence-corrected chi connectivity index (χ4v) is 2.73. The topological polar surface area (TPSA) is 111 Å². The summed E-state index contributed by atoms with van der Waals surface area (Å²) in [5, 5.41) is 6.98. The molecule has 0 aliphatic carbocycles. The number of sulfonamides is 1. The Kier molecular flexibility index (Phi) is 2.71. The summed E-state index contributed by atoms with van der Waals surface area (Å²) in [5.74, 6) is 0.219. The number of rotatable bonds is 3. The molecule has 0 fully saturated rings. The van der Waals surface area contributed by atoms with E-state index in [4.69, 9.17) is 5.73 Å². The molecule has 3 N–H and O–H groups in total. The number of nitrogen functional groups attached to an aromatic ring is 1. The minimum atomic E-state index is -3.74. The van der Waals surface area contributed by atoms with Gasteiger partial charge in [-0.15, -0.1) is 10.2 Å². The first kappa shape index (κ1) is 10.8. The van der Waals surface area contributed by atoms with E-state index >= 15 is 0 Å². The Balaban J connectivity index is 2.28. The summed E-state index contributed by atoms with van der Waals surface area (Å²) in [4.78, 5) is 3.83. The van der Waals surface area contributed by atoms with Gasteiger partial charge in [0.2, 0.25) is 5.13 Å². The molecule has 0 aliphatic rings. The van der Waals surface area contributed by atoms with Crippen molar-refractivity contribution in [3.05, 3.63) is 24.4 Å². The summed E-state index contributed by atoms with van der Waals surface area (Å²) in [6.45, 7) is 0. The molecular weight excluding hydrogens is 250 g/mol. The van der Waals surface area contributed by atoms with E-state index in [0.717, 1.165) is 11.3 Å². The van der Waals surface area contributed by atoms with Crippen molar-refractivity contribution in [3.63, 3.8) is 0 Å². The predicted octanol–water partition coefficient (Wildman–Crippen LogP) is 0.316. The van der Waals surface area contributed by atoms with Gasteiger partial charge in [0.1, 0.15) is 5.82 Å². The Bertz CT molecular complexity index is 580. The molecule has 0 aromatic carbocycles. The lowest BCUT2D eigenvalue weighted by molar-refractivity contribution is 0.599. The zero-order chi connectivity index (χ0) is 11.6.